The average molecular weight is 1290 g/mol. The molecule has 2 atom stereocenters. The molecule has 0 aromatic rings. The number of carbonyl (C=O) groups is 2. The van der Waals surface area contributed by atoms with Crippen LogP contribution in [-0.4, -0.2) is 49.3 Å². The summed E-state index contributed by atoms with van der Waals surface area (Å²) >= 11 is 0. The Morgan fingerprint density at radius 3 is 0.912 bits per heavy atom. The molecule has 0 saturated carbocycles. The number of ether oxygens (including phenoxy) is 2. The summed E-state index contributed by atoms with van der Waals surface area (Å²) in [5, 5.41) is 0. The second kappa shape index (κ2) is 75.7. The van der Waals surface area contributed by atoms with Gasteiger partial charge in [0.1, 0.15) is 6.61 Å². The van der Waals surface area contributed by atoms with Crippen molar-refractivity contribution in [3.8, 4) is 0 Å². The van der Waals surface area contributed by atoms with E-state index in [4.69, 9.17) is 24.3 Å². The Hall–Kier alpha value is -3.33. The lowest BCUT2D eigenvalue weighted by Gasteiger charge is -2.19. The van der Waals surface area contributed by atoms with Gasteiger partial charge in [-0.25, -0.2) is 4.57 Å². The molecule has 91 heavy (non-hydrogen) atoms. The fourth-order valence-electron chi connectivity index (χ4n) is 11.0. The van der Waals surface area contributed by atoms with Crippen molar-refractivity contribution in [1.82, 2.24) is 0 Å². The minimum atomic E-state index is -4.40. The topological polar surface area (TPSA) is 134 Å². The van der Waals surface area contributed by atoms with E-state index in [1.807, 2.05) is 0 Å². The first-order valence-corrected chi connectivity index (χ1v) is 39.9. The predicted octanol–water partition coefficient (Wildman–Crippen LogP) is 25.6. The molecular formula is C81H144NO8P. The molecule has 2 unspecified atom stereocenters. The molecule has 0 aliphatic rings. The molecular weight excluding hydrogens is 1150 g/mol. The Labute approximate surface area is 562 Å². The molecule has 10 heteroatoms. The fraction of sp³-hybridized carbons (Fsp3) is 0.753. The molecule has 526 valence electrons. The number of allylic oxidation sites excluding steroid dienone is 18. The molecule has 0 fully saturated rings. The van der Waals surface area contributed by atoms with Crippen LogP contribution < -0.4 is 5.73 Å². The Kier molecular flexibility index (Phi) is 72.9. The van der Waals surface area contributed by atoms with Crippen LogP contribution in [0.5, 0.6) is 0 Å². The molecule has 0 aliphatic heterocycles. The van der Waals surface area contributed by atoms with Crippen LogP contribution in [0.3, 0.4) is 0 Å². The summed E-state index contributed by atoms with van der Waals surface area (Å²) in [5.41, 5.74) is 5.41. The van der Waals surface area contributed by atoms with Crippen LogP contribution in [0.4, 0.5) is 0 Å². The van der Waals surface area contributed by atoms with Gasteiger partial charge in [0.05, 0.1) is 13.2 Å². The lowest BCUT2D eigenvalue weighted by atomic mass is 10.0. The minimum absolute atomic E-state index is 0.0508. The third-order valence-electron chi connectivity index (χ3n) is 16.6. The van der Waals surface area contributed by atoms with E-state index < -0.39 is 26.5 Å². The highest BCUT2D eigenvalue weighted by atomic mass is 31.2. The van der Waals surface area contributed by atoms with Crippen LogP contribution >= 0.6 is 7.82 Å². The van der Waals surface area contributed by atoms with E-state index in [9.17, 15) is 19.0 Å². The van der Waals surface area contributed by atoms with Crippen molar-refractivity contribution in [3.05, 3.63) is 109 Å². The zero-order valence-corrected chi connectivity index (χ0v) is 60.2. The van der Waals surface area contributed by atoms with Crippen molar-refractivity contribution in [3.63, 3.8) is 0 Å². The standard InChI is InChI=1S/C81H144NO8P/c1-3-5-7-9-11-13-15-17-19-21-23-25-27-29-31-33-35-37-38-39-40-42-44-46-48-50-52-54-56-58-60-62-64-66-68-70-72-74-81(84)90-79(78-89-91(85,86)88-76-75-82)77-87-80(83)73-71-69-67-65-63-61-59-57-55-53-51-49-47-45-43-41-36-34-32-30-28-26-24-22-20-18-16-14-12-10-8-6-4-2/h5,7,11,13,17,19,22-25,29,31,35,37,39-40,44,46,79H,3-4,6,8-10,12,14-16,18,20-21,26-28,30,32-34,36,38,41-43,45,47-78,82H2,1-2H3,(H,85,86)/b7-5-,13-11-,19-17-,24-22-,25-23-,31-29-,37-35-,40-39-,46-44-. The number of rotatable bonds is 72. The molecule has 0 heterocycles. The number of nitrogens with two attached hydrogens (primary N) is 1. The van der Waals surface area contributed by atoms with Gasteiger partial charge in [0.2, 0.25) is 0 Å². The summed E-state index contributed by atoms with van der Waals surface area (Å²) in [5.74, 6) is -0.819. The quantitative estimate of drug-likeness (QED) is 0.0264. The van der Waals surface area contributed by atoms with E-state index in [1.165, 1.54) is 238 Å². The molecule has 0 aromatic carbocycles. The molecule has 0 saturated heterocycles. The molecule has 0 aromatic heterocycles. The van der Waals surface area contributed by atoms with Crippen molar-refractivity contribution in [2.24, 2.45) is 5.73 Å². The number of phosphoric ester groups is 1. The van der Waals surface area contributed by atoms with E-state index in [-0.39, 0.29) is 38.6 Å². The van der Waals surface area contributed by atoms with Gasteiger partial charge < -0.3 is 20.1 Å². The van der Waals surface area contributed by atoms with Gasteiger partial charge in [0.15, 0.2) is 6.10 Å². The number of hydrogen-bond donors (Lipinski definition) is 2. The summed E-state index contributed by atoms with van der Waals surface area (Å²) in [6, 6.07) is 0. The SMILES string of the molecule is CC/C=C\C/C=C\C/C=C\C/C=C\C/C=C\C/C=C\C/C=C\C/C=C\CCCCCCCCCCCCCCC(=O)OC(COC(=O)CCCCCCCCCCCCCCCCCCCCCCC/C=C\CCCCCCCCCC)COP(=O)(O)OCCN. The smallest absolute Gasteiger partial charge is 0.462 e. The highest BCUT2D eigenvalue weighted by Gasteiger charge is 2.26. The predicted molar refractivity (Wildman–Crippen MR) is 395 cm³/mol. The summed E-state index contributed by atoms with van der Waals surface area (Å²) < 4.78 is 33.2. The van der Waals surface area contributed by atoms with Gasteiger partial charge in [-0.2, -0.15) is 0 Å². The van der Waals surface area contributed by atoms with E-state index in [0.29, 0.717) is 6.42 Å². The second-order valence-corrected chi connectivity index (χ2v) is 26.9. The maximum Gasteiger partial charge on any atom is 0.472 e. The zero-order chi connectivity index (χ0) is 65.8. The highest BCUT2D eigenvalue weighted by molar-refractivity contribution is 7.47. The first-order valence-electron chi connectivity index (χ1n) is 38.4. The maximum atomic E-state index is 12.8. The van der Waals surface area contributed by atoms with Gasteiger partial charge in [-0.3, -0.25) is 18.6 Å². The highest BCUT2D eigenvalue weighted by Crippen LogP contribution is 2.43. The molecule has 0 spiro atoms. The summed E-state index contributed by atoms with van der Waals surface area (Å²) in [7, 11) is -4.40. The van der Waals surface area contributed by atoms with Crippen LogP contribution in [0.15, 0.2) is 109 Å². The van der Waals surface area contributed by atoms with Crippen LogP contribution in [0.25, 0.3) is 0 Å². The molecule has 0 rings (SSSR count). The monoisotopic (exact) mass is 1290 g/mol. The first kappa shape index (κ1) is 87.7. The third kappa shape index (κ3) is 75.6. The second-order valence-electron chi connectivity index (χ2n) is 25.5. The number of carbonyl (C=O) groups excluding carboxylic acids is 2. The Morgan fingerprint density at radius 1 is 0.341 bits per heavy atom. The van der Waals surface area contributed by atoms with Crippen molar-refractivity contribution < 1.29 is 37.6 Å². The largest absolute Gasteiger partial charge is 0.472 e. The molecule has 3 N–H and O–H groups in total. The molecule has 0 radical (unpaired) electrons. The Morgan fingerprint density at radius 2 is 0.604 bits per heavy atom. The summed E-state index contributed by atoms with van der Waals surface area (Å²) in [6.07, 6.45) is 105. The summed E-state index contributed by atoms with van der Waals surface area (Å²) in [4.78, 5) is 35.4. The van der Waals surface area contributed by atoms with E-state index in [2.05, 4.69) is 123 Å². The minimum Gasteiger partial charge on any atom is -0.462 e. The molecule has 9 nitrogen and oxygen atoms in total. The average Bonchev–Trinajstić information content (AvgIpc) is 3.74. The lowest BCUT2D eigenvalue weighted by molar-refractivity contribution is -0.161. The van der Waals surface area contributed by atoms with Gasteiger partial charge >= 0.3 is 19.8 Å². The molecule has 0 amide bonds. The summed E-state index contributed by atoms with van der Waals surface area (Å²) in [6.45, 7) is 3.67. The third-order valence-corrected chi connectivity index (χ3v) is 17.6. The van der Waals surface area contributed by atoms with Crippen molar-refractivity contribution >= 4 is 19.8 Å². The van der Waals surface area contributed by atoms with Gasteiger partial charge in [-0.1, -0.05) is 354 Å². The lowest BCUT2D eigenvalue weighted by Crippen LogP contribution is -2.29. The van der Waals surface area contributed by atoms with Gasteiger partial charge in [0.25, 0.3) is 0 Å². The normalized spacial score (nSPS) is 13.5. The molecule has 0 aliphatic carbocycles. The van der Waals surface area contributed by atoms with Gasteiger partial charge in [-0.15, -0.1) is 0 Å². The van der Waals surface area contributed by atoms with Crippen molar-refractivity contribution in [2.75, 3.05) is 26.4 Å². The van der Waals surface area contributed by atoms with E-state index in [0.717, 1.165) is 89.9 Å². The number of unbranched alkanes of at least 4 members (excludes halogenated alkanes) is 41. The van der Waals surface area contributed by atoms with E-state index in [1.54, 1.807) is 0 Å². The van der Waals surface area contributed by atoms with E-state index >= 15 is 0 Å². The fourth-order valence-corrected chi connectivity index (χ4v) is 11.8. The Bertz CT molecular complexity index is 1860. The van der Waals surface area contributed by atoms with Crippen LogP contribution in [-0.2, 0) is 32.7 Å². The maximum absolute atomic E-state index is 12.8. The van der Waals surface area contributed by atoms with Crippen LogP contribution in [0.2, 0.25) is 0 Å². The number of phosphoric acid groups is 1. The zero-order valence-electron chi connectivity index (χ0n) is 59.3. The molecule has 0 bridgehead atoms. The van der Waals surface area contributed by atoms with Crippen molar-refractivity contribution in [2.45, 2.75) is 367 Å². The van der Waals surface area contributed by atoms with Crippen LogP contribution in [0, 0.1) is 0 Å². The Balaban J connectivity index is 3.85. The van der Waals surface area contributed by atoms with Gasteiger partial charge in [0, 0.05) is 19.4 Å². The first-order chi connectivity index (χ1) is 44.8. The number of hydrogen-bond acceptors (Lipinski definition) is 8. The van der Waals surface area contributed by atoms with Gasteiger partial charge in [-0.05, 0) is 103 Å². The number of esters is 2. The van der Waals surface area contributed by atoms with Crippen molar-refractivity contribution in [1.29, 1.82) is 0 Å². The van der Waals surface area contributed by atoms with Crippen LogP contribution in [0.1, 0.15) is 361 Å².